The van der Waals surface area contributed by atoms with Gasteiger partial charge in [0.2, 0.25) is 5.91 Å². The van der Waals surface area contributed by atoms with Gasteiger partial charge in [-0.05, 0) is 24.8 Å². The summed E-state index contributed by atoms with van der Waals surface area (Å²) in [4.78, 5) is 17.6. The summed E-state index contributed by atoms with van der Waals surface area (Å²) in [7, 11) is 1.79. The molecule has 2 rings (SSSR count). The van der Waals surface area contributed by atoms with Crippen molar-refractivity contribution >= 4 is 11.9 Å². The molecular formula is C14H24N6O. The molecule has 1 unspecified atom stereocenters. The Labute approximate surface area is 125 Å². The predicted octanol–water partition coefficient (Wildman–Crippen LogP) is 0.0459. The molecule has 7 heteroatoms. The standard InChI is InChI=1S/C14H24N6O/c1-16-14(17-6-9-20-8-3-5-18-20)19-7-2-4-12(11-19)10-13(15)21/h3,5,8,12H,2,4,6-7,9-11H2,1H3,(H2,15,21)(H,16,17). The first-order valence-corrected chi connectivity index (χ1v) is 7.40. The fourth-order valence-electron chi connectivity index (χ4n) is 2.76. The highest BCUT2D eigenvalue weighted by atomic mass is 16.1. The van der Waals surface area contributed by atoms with E-state index in [0.29, 0.717) is 12.3 Å². The number of carbonyl (C=O) groups excluding carboxylic acids is 1. The summed E-state index contributed by atoms with van der Waals surface area (Å²) in [6.07, 6.45) is 6.30. The van der Waals surface area contributed by atoms with Crippen LogP contribution in [0.2, 0.25) is 0 Å². The molecule has 1 saturated heterocycles. The fraction of sp³-hybridized carbons (Fsp3) is 0.643. The van der Waals surface area contributed by atoms with E-state index in [2.05, 4.69) is 20.3 Å². The first-order valence-electron chi connectivity index (χ1n) is 7.40. The van der Waals surface area contributed by atoms with Gasteiger partial charge in [-0.2, -0.15) is 5.10 Å². The maximum Gasteiger partial charge on any atom is 0.217 e. The normalized spacial score (nSPS) is 19.6. The molecule has 1 amide bonds. The Morgan fingerprint density at radius 2 is 2.43 bits per heavy atom. The Balaban J connectivity index is 1.81. The zero-order valence-electron chi connectivity index (χ0n) is 12.5. The second-order valence-corrected chi connectivity index (χ2v) is 5.37. The lowest BCUT2D eigenvalue weighted by Crippen LogP contribution is -2.47. The minimum Gasteiger partial charge on any atom is -0.370 e. The van der Waals surface area contributed by atoms with E-state index in [4.69, 9.17) is 5.73 Å². The van der Waals surface area contributed by atoms with Gasteiger partial charge in [-0.15, -0.1) is 0 Å². The number of nitrogens with zero attached hydrogens (tertiary/aromatic N) is 4. The summed E-state index contributed by atoms with van der Waals surface area (Å²) < 4.78 is 1.88. The summed E-state index contributed by atoms with van der Waals surface area (Å²) >= 11 is 0. The van der Waals surface area contributed by atoms with Crippen molar-refractivity contribution in [2.75, 3.05) is 26.7 Å². The van der Waals surface area contributed by atoms with Crippen LogP contribution in [0.4, 0.5) is 0 Å². The van der Waals surface area contributed by atoms with E-state index < -0.39 is 0 Å². The third-order valence-corrected chi connectivity index (χ3v) is 3.70. The largest absolute Gasteiger partial charge is 0.370 e. The highest BCUT2D eigenvalue weighted by Gasteiger charge is 2.23. The molecule has 0 spiro atoms. The fourth-order valence-corrected chi connectivity index (χ4v) is 2.76. The number of primary amides is 1. The number of aliphatic imine (C=N–C) groups is 1. The van der Waals surface area contributed by atoms with Crippen molar-refractivity contribution in [3.05, 3.63) is 18.5 Å². The van der Waals surface area contributed by atoms with Crippen LogP contribution in [0.1, 0.15) is 19.3 Å². The molecule has 1 aromatic rings. The summed E-state index contributed by atoms with van der Waals surface area (Å²) in [6, 6.07) is 1.91. The van der Waals surface area contributed by atoms with Crippen molar-refractivity contribution < 1.29 is 4.79 Å². The minimum absolute atomic E-state index is 0.219. The Kier molecular flexibility index (Phi) is 5.59. The Morgan fingerprint density at radius 1 is 1.57 bits per heavy atom. The van der Waals surface area contributed by atoms with Gasteiger partial charge in [0.05, 0.1) is 6.54 Å². The van der Waals surface area contributed by atoms with Gasteiger partial charge in [-0.25, -0.2) is 0 Å². The highest BCUT2D eigenvalue weighted by molar-refractivity contribution is 5.80. The molecule has 0 aromatic carbocycles. The smallest absolute Gasteiger partial charge is 0.217 e. The van der Waals surface area contributed by atoms with Crippen LogP contribution in [0.15, 0.2) is 23.5 Å². The van der Waals surface area contributed by atoms with Gasteiger partial charge in [0.15, 0.2) is 5.96 Å². The number of aromatic nitrogens is 2. The van der Waals surface area contributed by atoms with Gasteiger partial charge in [-0.1, -0.05) is 0 Å². The lowest BCUT2D eigenvalue weighted by atomic mass is 9.95. The minimum atomic E-state index is -0.219. The lowest BCUT2D eigenvalue weighted by molar-refractivity contribution is -0.119. The Hall–Kier alpha value is -2.05. The maximum absolute atomic E-state index is 11.1. The second kappa shape index (κ2) is 7.66. The van der Waals surface area contributed by atoms with Crippen molar-refractivity contribution in [1.82, 2.24) is 20.0 Å². The van der Waals surface area contributed by atoms with Crippen LogP contribution in [0, 0.1) is 5.92 Å². The average Bonchev–Trinajstić information content (AvgIpc) is 2.96. The molecule has 1 aliphatic rings. The van der Waals surface area contributed by atoms with Crippen LogP contribution in [0.25, 0.3) is 0 Å². The highest BCUT2D eigenvalue weighted by Crippen LogP contribution is 2.19. The molecule has 1 atom stereocenters. The van der Waals surface area contributed by atoms with E-state index >= 15 is 0 Å². The molecule has 1 aromatic heterocycles. The average molecular weight is 292 g/mol. The van der Waals surface area contributed by atoms with E-state index in [1.54, 1.807) is 13.2 Å². The molecule has 2 heterocycles. The van der Waals surface area contributed by atoms with Crippen molar-refractivity contribution in [2.45, 2.75) is 25.8 Å². The molecular weight excluding hydrogens is 268 g/mol. The molecule has 1 aliphatic heterocycles. The van der Waals surface area contributed by atoms with Gasteiger partial charge < -0.3 is 16.0 Å². The number of nitrogens with one attached hydrogen (secondary N) is 1. The van der Waals surface area contributed by atoms with Crippen LogP contribution < -0.4 is 11.1 Å². The zero-order chi connectivity index (χ0) is 15.1. The van der Waals surface area contributed by atoms with Crippen molar-refractivity contribution in [1.29, 1.82) is 0 Å². The van der Waals surface area contributed by atoms with Gasteiger partial charge in [0.25, 0.3) is 0 Å². The van der Waals surface area contributed by atoms with Gasteiger partial charge in [0, 0.05) is 45.5 Å². The molecule has 0 bridgehead atoms. The first-order chi connectivity index (χ1) is 10.2. The number of nitrogens with two attached hydrogens (primary N) is 1. The SMILES string of the molecule is CN=C(NCCn1cccn1)N1CCCC(CC(N)=O)C1. The molecule has 1 fully saturated rings. The Bertz CT molecular complexity index is 470. The van der Waals surface area contributed by atoms with Crippen LogP contribution in [0.3, 0.4) is 0 Å². The zero-order valence-corrected chi connectivity index (χ0v) is 12.5. The molecule has 21 heavy (non-hydrogen) atoms. The topological polar surface area (TPSA) is 88.5 Å². The molecule has 7 nitrogen and oxygen atoms in total. The number of rotatable bonds is 5. The number of hydrogen-bond donors (Lipinski definition) is 2. The van der Waals surface area contributed by atoms with Crippen LogP contribution in [0.5, 0.6) is 0 Å². The third kappa shape index (κ3) is 4.77. The van der Waals surface area contributed by atoms with Crippen LogP contribution >= 0.6 is 0 Å². The number of hydrogen-bond acceptors (Lipinski definition) is 3. The van der Waals surface area contributed by atoms with E-state index in [-0.39, 0.29) is 5.91 Å². The molecule has 3 N–H and O–H groups in total. The van der Waals surface area contributed by atoms with Gasteiger partial charge >= 0.3 is 0 Å². The van der Waals surface area contributed by atoms with Crippen molar-refractivity contribution in [2.24, 2.45) is 16.6 Å². The van der Waals surface area contributed by atoms with E-state index in [1.165, 1.54) is 0 Å². The van der Waals surface area contributed by atoms with Crippen molar-refractivity contribution in [3.8, 4) is 0 Å². The monoisotopic (exact) mass is 292 g/mol. The van der Waals surface area contributed by atoms with E-state index in [1.807, 2.05) is 16.9 Å². The summed E-state index contributed by atoms with van der Waals surface area (Å²) in [5.41, 5.74) is 5.30. The maximum atomic E-state index is 11.1. The quantitative estimate of drug-likeness (QED) is 0.593. The van der Waals surface area contributed by atoms with Crippen molar-refractivity contribution in [3.63, 3.8) is 0 Å². The lowest BCUT2D eigenvalue weighted by Gasteiger charge is -2.34. The van der Waals surface area contributed by atoms with E-state index in [0.717, 1.165) is 45.0 Å². The van der Waals surface area contributed by atoms with Gasteiger partial charge in [-0.3, -0.25) is 14.5 Å². The number of amides is 1. The number of carbonyl (C=O) groups is 1. The van der Waals surface area contributed by atoms with Crippen LogP contribution in [-0.4, -0.2) is 53.2 Å². The number of likely N-dealkylation sites (tertiary alicyclic amines) is 1. The summed E-state index contributed by atoms with van der Waals surface area (Å²) in [6.45, 7) is 3.37. The van der Waals surface area contributed by atoms with E-state index in [9.17, 15) is 4.79 Å². The summed E-state index contributed by atoms with van der Waals surface area (Å²) in [5, 5.41) is 7.52. The molecule has 116 valence electrons. The van der Waals surface area contributed by atoms with Crippen LogP contribution in [-0.2, 0) is 11.3 Å². The van der Waals surface area contributed by atoms with Gasteiger partial charge in [0.1, 0.15) is 0 Å². The third-order valence-electron chi connectivity index (χ3n) is 3.70. The molecule has 0 radical (unpaired) electrons. The Morgan fingerprint density at radius 3 is 3.10 bits per heavy atom. The second-order valence-electron chi connectivity index (χ2n) is 5.37. The predicted molar refractivity (Wildman–Crippen MR) is 81.7 cm³/mol. The summed E-state index contributed by atoms with van der Waals surface area (Å²) in [5.74, 6) is 1.00. The first kappa shape index (κ1) is 15.3. The number of guanidine groups is 1. The molecule has 0 aliphatic carbocycles. The molecule has 0 saturated carbocycles. The number of piperidine rings is 1.